The lowest BCUT2D eigenvalue weighted by Gasteiger charge is -2.26. The number of amides is 1. The summed E-state index contributed by atoms with van der Waals surface area (Å²) in [7, 11) is 1.89. The topological polar surface area (TPSA) is 50.2 Å². The van der Waals surface area contributed by atoms with E-state index in [0.717, 1.165) is 30.2 Å². The minimum Gasteiger partial charge on any atom is -0.338 e. The van der Waals surface area contributed by atoms with E-state index in [1.165, 1.54) is 0 Å². The third-order valence-electron chi connectivity index (χ3n) is 3.29. The lowest BCUT2D eigenvalue weighted by Crippen LogP contribution is -2.42. The van der Waals surface area contributed by atoms with Gasteiger partial charge in [-0.05, 0) is 6.92 Å². The van der Waals surface area contributed by atoms with Crippen LogP contribution in [-0.2, 0) is 18.4 Å². The molecule has 1 aromatic rings. The van der Waals surface area contributed by atoms with E-state index in [9.17, 15) is 4.79 Å². The molecular formula is C13H22N4OS. The first-order chi connectivity index (χ1) is 9.19. The van der Waals surface area contributed by atoms with E-state index in [4.69, 9.17) is 0 Å². The lowest BCUT2D eigenvalue weighted by atomic mass is 10.2. The van der Waals surface area contributed by atoms with Gasteiger partial charge in [0.15, 0.2) is 0 Å². The van der Waals surface area contributed by atoms with Gasteiger partial charge in [-0.2, -0.15) is 16.9 Å². The maximum Gasteiger partial charge on any atom is 0.224 e. The van der Waals surface area contributed by atoms with Gasteiger partial charge in [-0.3, -0.25) is 9.48 Å². The van der Waals surface area contributed by atoms with Crippen LogP contribution in [0.3, 0.4) is 0 Å². The molecule has 1 atom stereocenters. The summed E-state index contributed by atoms with van der Waals surface area (Å²) in [6.07, 6.45) is 4.39. The van der Waals surface area contributed by atoms with E-state index in [-0.39, 0.29) is 5.91 Å². The van der Waals surface area contributed by atoms with E-state index in [0.29, 0.717) is 19.0 Å². The molecule has 0 radical (unpaired) electrons. The highest BCUT2D eigenvalue weighted by Gasteiger charge is 2.20. The summed E-state index contributed by atoms with van der Waals surface area (Å²) in [5, 5.41) is 7.55. The number of thioether (sulfide) groups is 1. The maximum atomic E-state index is 12.3. The molecule has 106 valence electrons. The van der Waals surface area contributed by atoms with Crippen LogP contribution in [0.15, 0.2) is 12.4 Å². The fourth-order valence-electron chi connectivity index (χ4n) is 2.24. The van der Waals surface area contributed by atoms with Crippen molar-refractivity contribution >= 4 is 17.7 Å². The van der Waals surface area contributed by atoms with Gasteiger partial charge >= 0.3 is 0 Å². The fraction of sp³-hybridized carbons (Fsp3) is 0.692. The van der Waals surface area contributed by atoms with Gasteiger partial charge in [-0.15, -0.1) is 0 Å². The highest BCUT2D eigenvalue weighted by atomic mass is 32.2. The summed E-state index contributed by atoms with van der Waals surface area (Å²) in [5.74, 6) is 2.42. The number of nitrogens with one attached hydrogen (secondary N) is 1. The molecule has 2 heterocycles. The Kier molecular flexibility index (Phi) is 5.27. The van der Waals surface area contributed by atoms with Crippen LogP contribution < -0.4 is 5.32 Å². The molecule has 1 N–H and O–H groups in total. The standard InChI is InChI=1S/C13H22N4OS/c1-3-17(9-11-7-15-16(2)8-11)13(18)6-12-10-19-5-4-14-12/h7-8,12,14H,3-6,9-10H2,1-2H3. The first-order valence-corrected chi connectivity index (χ1v) is 7.91. The SMILES string of the molecule is CCN(Cc1cnn(C)c1)C(=O)CC1CSCCN1. The van der Waals surface area contributed by atoms with E-state index < -0.39 is 0 Å². The highest BCUT2D eigenvalue weighted by Crippen LogP contribution is 2.12. The fourth-order valence-corrected chi connectivity index (χ4v) is 3.19. The summed E-state index contributed by atoms with van der Waals surface area (Å²) in [5.41, 5.74) is 1.09. The van der Waals surface area contributed by atoms with Crippen molar-refractivity contribution < 1.29 is 4.79 Å². The average molecular weight is 282 g/mol. The number of hydrogen-bond donors (Lipinski definition) is 1. The molecule has 1 unspecified atom stereocenters. The normalized spacial score (nSPS) is 19.4. The predicted molar refractivity (Wildman–Crippen MR) is 78.0 cm³/mol. The van der Waals surface area contributed by atoms with Crippen molar-refractivity contribution in [3.8, 4) is 0 Å². The monoisotopic (exact) mass is 282 g/mol. The first kappa shape index (κ1) is 14.4. The van der Waals surface area contributed by atoms with Gasteiger partial charge in [0.2, 0.25) is 5.91 Å². The minimum absolute atomic E-state index is 0.228. The molecule has 2 rings (SSSR count). The Morgan fingerprint density at radius 1 is 1.68 bits per heavy atom. The lowest BCUT2D eigenvalue weighted by molar-refractivity contribution is -0.132. The number of hydrogen-bond acceptors (Lipinski definition) is 4. The van der Waals surface area contributed by atoms with Crippen LogP contribution in [0.25, 0.3) is 0 Å². The summed E-state index contributed by atoms with van der Waals surface area (Å²) in [6, 6.07) is 0.328. The molecule has 1 aliphatic rings. The Morgan fingerprint density at radius 2 is 2.53 bits per heavy atom. The largest absolute Gasteiger partial charge is 0.338 e. The smallest absolute Gasteiger partial charge is 0.224 e. The van der Waals surface area contributed by atoms with Gasteiger partial charge in [0, 0.05) is 62.4 Å². The summed E-state index contributed by atoms with van der Waals surface area (Å²) < 4.78 is 1.77. The molecule has 1 amide bonds. The van der Waals surface area contributed by atoms with E-state index >= 15 is 0 Å². The Morgan fingerprint density at radius 3 is 3.11 bits per heavy atom. The van der Waals surface area contributed by atoms with Crippen molar-refractivity contribution in [1.82, 2.24) is 20.0 Å². The number of rotatable bonds is 5. The van der Waals surface area contributed by atoms with Gasteiger partial charge < -0.3 is 10.2 Å². The third-order valence-corrected chi connectivity index (χ3v) is 4.42. The zero-order chi connectivity index (χ0) is 13.7. The van der Waals surface area contributed by atoms with Gasteiger partial charge in [-0.25, -0.2) is 0 Å². The highest BCUT2D eigenvalue weighted by molar-refractivity contribution is 7.99. The average Bonchev–Trinajstić information content (AvgIpc) is 2.82. The molecule has 0 aliphatic carbocycles. The summed E-state index contributed by atoms with van der Waals surface area (Å²) in [4.78, 5) is 14.2. The second-order valence-electron chi connectivity index (χ2n) is 4.86. The number of aryl methyl sites for hydroxylation is 1. The predicted octanol–water partition coefficient (Wildman–Crippen LogP) is 0.864. The number of nitrogens with zero attached hydrogens (tertiary/aromatic N) is 3. The zero-order valence-corrected chi connectivity index (χ0v) is 12.4. The van der Waals surface area contributed by atoms with Gasteiger partial charge in [0.1, 0.15) is 0 Å². The third kappa shape index (κ3) is 4.24. The van der Waals surface area contributed by atoms with Crippen LogP contribution in [0.4, 0.5) is 0 Å². The molecule has 0 aromatic carbocycles. The molecule has 19 heavy (non-hydrogen) atoms. The van der Waals surface area contributed by atoms with Gasteiger partial charge in [0.25, 0.3) is 0 Å². The molecule has 1 aliphatic heterocycles. The first-order valence-electron chi connectivity index (χ1n) is 6.75. The van der Waals surface area contributed by atoms with Crippen LogP contribution in [0.2, 0.25) is 0 Å². The van der Waals surface area contributed by atoms with Crippen LogP contribution in [0.1, 0.15) is 18.9 Å². The van der Waals surface area contributed by atoms with E-state index in [2.05, 4.69) is 10.4 Å². The van der Waals surface area contributed by atoms with Crippen molar-refractivity contribution in [2.75, 3.05) is 24.6 Å². The van der Waals surface area contributed by atoms with Crippen LogP contribution in [-0.4, -0.2) is 51.2 Å². The number of aromatic nitrogens is 2. The zero-order valence-electron chi connectivity index (χ0n) is 11.6. The molecule has 6 heteroatoms. The van der Waals surface area contributed by atoms with Crippen molar-refractivity contribution in [2.45, 2.75) is 25.9 Å². The molecule has 0 saturated carbocycles. The Labute approximate surface area is 118 Å². The Balaban J connectivity index is 1.87. The Bertz CT molecular complexity index is 415. The quantitative estimate of drug-likeness (QED) is 0.870. The summed E-state index contributed by atoms with van der Waals surface area (Å²) >= 11 is 1.93. The van der Waals surface area contributed by atoms with Crippen LogP contribution in [0.5, 0.6) is 0 Å². The number of carbonyl (C=O) groups excluding carboxylic acids is 1. The van der Waals surface area contributed by atoms with Crippen LogP contribution >= 0.6 is 11.8 Å². The van der Waals surface area contributed by atoms with Crippen molar-refractivity contribution in [3.05, 3.63) is 18.0 Å². The molecule has 1 saturated heterocycles. The van der Waals surface area contributed by atoms with Crippen molar-refractivity contribution in [2.24, 2.45) is 7.05 Å². The second kappa shape index (κ2) is 6.96. The van der Waals surface area contributed by atoms with E-state index in [1.807, 2.05) is 43.0 Å². The van der Waals surface area contributed by atoms with Gasteiger partial charge in [-0.1, -0.05) is 0 Å². The van der Waals surface area contributed by atoms with Gasteiger partial charge in [0.05, 0.1) is 6.20 Å². The maximum absolute atomic E-state index is 12.3. The summed E-state index contributed by atoms with van der Waals surface area (Å²) in [6.45, 7) is 4.44. The van der Waals surface area contributed by atoms with Crippen molar-refractivity contribution in [3.63, 3.8) is 0 Å². The minimum atomic E-state index is 0.228. The molecule has 0 spiro atoms. The van der Waals surface area contributed by atoms with Crippen LogP contribution in [0, 0.1) is 0 Å². The molecule has 5 nitrogen and oxygen atoms in total. The number of carbonyl (C=O) groups is 1. The second-order valence-corrected chi connectivity index (χ2v) is 6.01. The Hall–Kier alpha value is -1.01. The van der Waals surface area contributed by atoms with Crippen molar-refractivity contribution in [1.29, 1.82) is 0 Å². The molecule has 1 aromatic heterocycles. The van der Waals surface area contributed by atoms with E-state index in [1.54, 1.807) is 4.68 Å². The molecule has 1 fully saturated rings. The molecular weight excluding hydrogens is 260 g/mol. The molecule has 0 bridgehead atoms.